The molecule has 5 saturated carbocycles. The molecule has 0 aromatic heterocycles. The second-order valence-electron chi connectivity index (χ2n) is 15.5. The fraction of sp³-hybridized carbons (Fsp3) is 0.967. The zero-order valence-corrected chi connectivity index (χ0v) is 22.5. The quantitative estimate of drug-likeness (QED) is 0.478. The SMILES string of the molecule is CC1(C)CC[C@]2(CO)CC[C@]3(C)C(C(=O)CC4[C@@]5(C)CC[C@H](O)C(C)(C)C5CC[C@]43C)C2C1. The highest BCUT2D eigenvalue weighted by molar-refractivity contribution is 5.84. The third kappa shape index (κ3) is 2.96. The van der Waals surface area contributed by atoms with Gasteiger partial charge in [-0.05, 0) is 108 Å². The van der Waals surface area contributed by atoms with Gasteiger partial charge < -0.3 is 10.2 Å². The number of Topliss-reactive ketones (excluding diaryl/α,β-unsaturated/α-hetero) is 1. The van der Waals surface area contributed by atoms with E-state index in [1.807, 2.05) is 0 Å². The highest BCUT2D eigenvalue weighted by Gasteiger charge is 2.71. The molecule has 0 saturated heterocycles. The molecule has 0 aromatic rings. The van der Waals surface area contributed by atoms with Crippen molar-refractivity contribution in [1.82, 2.24) is 0 Å². The Hall–Kier alpha value is -0.410. The summed E-state index contributed by atoms with van der Waals surface area (Å²) in [4.78, 5) is 14.3. The second kappa shape index (κ2) is 7.09. The van der Waals surface area contributed by atoms with Crippen LogP contribution in [0, 0.1) is 56.2 Å². The Morgan fingerprint density at radius 1 is 0.818 bits per heavy atom. The van der Waals surface area contributed by atoms with E-state index >= 15 is 0 Å². The molecule has 0 aliphatic heterocycles. The molecule has 3 heteroatoms. The lowest BCUT2D eigenvalue weighted by molar-refractivity contribution is -0.247. The van der Waals surface area contributed by atoms with Gasteiger partial charge in [-0.1, -0.05) is 48.5 Å². The molecule has 9 atom stereocenters. The van der Waals surface area contributed by atoms with Gasteiger partial charge in [0.1, 0.15) is 5.78 Å². The van der Waals surface area contributed by atoms with Crippen LogP contribution in [0.1, 0.15) is 113 Å². The lowest BCUT2D eigenvalue weighted by Gasteiger charge is -2.73. The first-order valence-corrected chi connectivity index (χ1v) is 14.0. The van der Waals surface area contributed by atoms with Gasteiger partial charge in [0.15, 0.2) is 0 Å². The summed E-state index contributed by atoms with van der Waals surface area (Å²) in [6.07, 6.45) is 10.2. The summed E-state index contributed by atoms with van der Waals surface area (Å²) >= 11 is 0. The molecule has 3 nitrogen and oxygen atoms in total. The average Bonchev–Trinajstić information content (AvgIpc) is 2.72. The molecular formula is C30H50O3. The molecule has 0 bridgehead atoms. The molecule has 2 N–H and O–H groups in total. The number of hydrogen-bond acceptors (Lipinski definition) is 3. The van der Waals surface area contributed by atoms with Gasteiger partial charge >= 0.3 is 0 Å². The minimum Gasteiger partial charge on any atom is -0.396 e. The fourth-order valence-electron chi connectivity index (χ4n) is 11.1. The van der Waals surface area contributed by atoms with Crippen molar-refractivity contribution in [2.45, 2.75) is 119 Å². The first-order valence-electron chi connectivity index (χ1n) is 14.0. The van der Waals surface area contributed by atoms with Crippen molar-refractivity contribution in [3.63, 3.8) is 0 Å². The highest BCUT2D eigenvalue weighted by Crippen LogP contribution is 2.76. The Balaban J connectivity index is 1.58. The van der Waals surface area contributed by atoms with E-state index in [0.29, 0.717) is 30.0 Å². The third-order valence-electron chi connectivity index (χ3n) is 13.5. The normalized spacial score (nSPS) is 55.1. The lowest BCUT2D eigenvalue weighted by atomic mass is 9.31. The molecule has 5 aliphatic carbocycles. The van der Waals surface area contributed by atoms with Gasteiger partial charge in [-0.3, -0.25) is 4.79 Å². The van der Waals surface area contributed by atoms with Gasteiger partial charge in [0.2, 0.25) is 0 Å². The minimum atomic E-state index is -0.230. The number of rotatable bonds is 1. The van der Waals surface area contributed by atoms with Crippen LogP contribution in [0.4, 0.5) is 0 Å². The lowest BCUT2D eigenvalue weighted by Crippen LogP contribution is -2.69. The number of hydrogen-bond donors (Lipinski definition) is 2. The standard InChI is InChI=1S/C30H50O3/c1-25(2)12-14-30(18-31)15-13-29(7)24(19(30)17-25)20(32)16-22-27(5)10-9-23(33)26(3,4)21(27)8-11-28(22,29)6/h19,21-24,31,33H,8-18H2,1-7H3/t19?,21?,22?,23-,24?,27-,28+,29+,30+/m0/s1. The zero-order valence-electron chi connectivity index (χ0n) is 22.5. The third-order valence-corrected chi connectivity index (χ3v) is 13.5. The number of aliphatic hydroxyl groups is 2. The van der Waals surface area contributed by atoms with Gasteiger partial charge in [-0.25, -0.2) is 0 Å². The molecule has 5 rings (SSSR count). The van der Waals surface area contributed by atoms with Gasteiger partial charge in [-0.15, -0.1) is 0 Å². The topological polar surface area (TPSA) is 57.5 Å². The molecule has 0 spiro atoms. The van der Waals surface area contributed by atoms with Crippen LogP contribution in [0.5, 0.6) is 0 Å². The molecule has 4 unspecified atom stereocenters. The van der Waals surface area contributed by atoms with Crippen molar-refractivity contribution in [2.24, 2.45) is 56.2 Å². The Bertz CT molecular complexity index is 830. The fourth-order valence-corrected chi connectivity index (χ4v) is 11.1. The molecule has 188 valence electrons. The van der Waals surface area contributed by atoms with Crippen LogP contribution in [-0.4, -0.2) is 28.7 Å². The van der Waals surface area contributed by atoms with Crippen LogP contribution in [0.15, 0.2) is 0 Å². The van der Waals surface area contributed by atoms with Crippen molar-refractivity contribution >= 4 is 5.78 Å². The summed E-state index contributed by atoms with van der Waals surface area (Å²) in [6, 6.07) is 0. The summed E-state index contributed by atoms with van der Waals surface area (Å²) < 4.78 is 0. The molecule has 0 heterocycles. The summed E-state index contributed by atoms with van der Waals surface area (Å²) in [5.41, 5.74) is 0.414. The average molecular weight is 459 g/mol. The van der Waals surface area contributed by atoms with E-state index in [1.54, 1.807) is 0 Å². The Morgan fingerprint density at radius 3 is 2.15 bits per heavy atom. The van der Waals surface area contributed by atoms with Crippen LogP contribution in [-0.2, 0) is 4.79 Å². The predicted octanol–water partition coefficient (Wildman–Crippen LogP) is 6.40. The Kier molecular flexibility index (Phi) is 5.22. The van der Waals surface area contributed by atoms with Crippen LogP contribution in [0.2, 0.25) is 0 Å². The predicted molar refractivity (Wildman–Crippen MR) is 133 cm³/mol. The smallest absolute Gasteiger partial charge is 0.137 e. The van der Waals surface area contributed by atoms with Gasteiger partial charge in [0, 0.05) is 18.9 Å². The molecule has 0 aromatic carbocycles. The van der Waals surface area contributed by atoms with Gasteiger partial charge in [-0.2, -0.15) is 0 Å². The number of carbonyl (C=O) groups is 1. The summed E-state index contributed by atoms with van der Waals surface area (Å²) in [7, 11) is 0. The second-order valence-corrected chi connectivity index (χ2v) is 15.5. The minimum absolute atomic E-state index is 0.0118. The number of aliphatic hydroxyl groups excluding tert-OH is 2. The van der Waals surface area contributed by atoms with E-state index < -0.39 is 0 Å². The van der Waals surface area contributed by atoms with E-state index in [-0.39, 0.29) is 51.1 Å². The van der Waals surface area contributed by atoms with Gasteiger partial charge in [0.25, 0.3) is 0 Å². The number of carbonyl (C=O) groups excluding carboxylic acids is 1. The monoisotopic (exact) mass is 458 g/mol. The number of ketones is 1. The van der Waals surface area contributed by atoms with E-state index in [0.717, 1.165) is 38.5 Å². The zero-order chi connectivity index (χ0) is 24.2. The molecule has 0 radical (unpaired) electrons. The molecule has 5 fully saturated rings. The van der Waals surface area contributed by atoms with Crippen LogP contribution < -0.4 is 0 Å². The summed E-state index contributed by atoms with van der Waals surface area (Å²) in [5, 5.41) is 21.5. The maximum atomic E-state index is 14.3. The van der Waals surface area contributed by atoms with Crippen LogP contribution in [0.3, 0.4) is 0 Å². The van der Waals surface area contributed by atoms with E-state index in [1.165, 1.54) is 19.3 Å². The van der Waals surface area contributed by atoms with E-state index in [4.69, 9.17) is 0 Å². The van der Waals surface area contributed by atoms with E-state index in [9.17, 15) is 15.0 Å². The van der Waals surface area contributed by atoms with Crippen LogP contribution >= 0.6 is 0 Å². The molecule has 0 amide bonds. The van der Waals surface area contributed by atoms with Crippen molar-refractivity contribution < 1.29 is 15.0 Å². The van der Waals surface area contributed by atoms with Crippen molar-refractivity contribution in [3.8, 4) is 0 Å². The number of fused-ring (bicyclic) bond motifs is 7. The first-order chi connectivity index (χ1) is 15.2. The van der Waals surface area contributed by atoms with Crippen LogP contribution in [0.25, 0.3) is 0 Å². The maximum Gasteiger partial charge on any atom is 0.137 e. The van der Waals surface area contributed by atoms with Crippen molar-refractivity contribution in [3.05, 3.63) is 0 Å². The van der Waals surface area contributed by atoms with Crippen molar-refractivity contribution in [2.75, 3.05) is 6.61 Å². The molecular weight excluding hydrogens is 408 g/mol. The molecule has 33 heavy (non-hydrogen) atoms. The highest BCUT2D eigenvalue weighted by atomic mass is 16.3. The Morgan fingerprint density at radius 2 is 1.48 bits per heavy atom. The van der Waals surface area contributed by atoms with Gasteiger partial charge in [0.05, 0.1) is 6.10 Å². The molecule has 5 aliphatic rings. The maximum absolute atomic E-state index is 14.3. The Labute approximate surface area is 202 Å². The first kappa shape index (κ1) is 24.3. The summed E-state index contributed by atoms with van der Waals surface area (Å²) in [5.74, 6) is 1.81. The largest absolute Gasteiger partial charge is 0.396 e. The van der Waals surface area contributed by atoms with E-state index in [2.05, 4.69) is 48.5 Å². The summed E-state index contributed by atoms with van der Waals surface area (Å²) in [6.45, 7) is 17.1. The van der Waals surface area contributed by atoms with Crippen molar-refractivity contribution in [1.29, 1.82) is 0 Å².